The molecule has 0 aromatic heterocycles. The van der Waals surface area contributed by atoms with Crippen molar-refractivity contribution in [2.75, 3.05) is 0 Å². The molecule has 0 N–H and O–H groups in total. The highest BCUT2D eigenvalue weighted by Gasteiger charge is 2.52. The maximum Gasteiger partial charge on any atom is 0.737 e. The second-order valence-corrected chi connectivity index (χ2v) is 8.34. The Morgan fingerprint density at radius 1 is 0.464 bits per heavy atom. The molecular formula is C24H19O3Si. The van der Waals surface area contributed by atoms with Gasteiger partial charge < -0.3 is 13.3 Å². The van der Waals surface area contributed by atoms with E-state index < -0.39 is 8.80 Å². The van der Waals surface area contributed by atoms with Crippen molar-refractivity contribution < 1.29 is 13.3 Å². The summed E-state index contributed by atoms with van der Waals surface area (Å²) in [7, 11) is -3.45. The lowest BCUT2D eigenvalue weighted by atomic mass is 10.3. The molecule has 0 saturated heterocycles. The van der Waals surface area contributed by atoms with Crippen LogP contribution in [0.25, 0.3) is 0 Å². The van der Waals surface area contributed by atoms with Gasteiger partial charge in [0.2, 0.25) is 0 Å². The summed E-state index contributed by atoms with van der Waals surface area (Å²) in [6, 6.07) is 39.6. The fourth-order valence-corrected chi connectivity index (χ4v) is 5.10. The summed E-state index contributed by atoms with van der Waals surface area (Å²) in [5.41, 5.74) is 0. The minimum atomic E-state index is -3.45. The van der Waals surface area contributed by atoms with Crippen LogP contribution in [-0.4, -0.2) is 8.80 Å². The first-order chi connectivity index (χ1) is 13.8. The van der Waals surface area contributed by atoms with Gasteiger partial charge in [0.15, 0.2) is 0 Å². The van der Waals surface area contributed by atoms with Gasteiger partial charge in [-0.2, -0.15) is 0 Å². The van der Waals surface area contributed by atoms with Gasteiger partial charge in [0, 0.05) is 0 Å². The van der Waals surface area contributed by atoms with Crippen LogP contribution >= 0.6 is 0 Å². The maximum atomic E-state index is 6.46. The molecule has 137 valence electrons. The second kappa shape index (κ2) is 8.46. The van der Waals surface area contributed by atoms with E-state index in [9.17, 15) is 0 Å². The largest absolute Gasteiger partial charge is 0.737 e. The lowest BCUT2D eigenvalue weighted by Gasteiger charge is -2.30. The van der Waals surface area contributed by atoms with E-state index in [2.05, 4.69) is 6.07 Å². The van der Waals surface area contributed by atoms with Gasteiger partial charge >= 0.3 is 8.80 Å². The van der Waals surface area contributed by atoms with E-state index in [0.717, 1.165) is 5.19 Å². The molecule has 0 aliphatic heterocycles. The summed E-state index contributed by atoms with van der Waals surface area (Å²) in [5, 5.41) is 0.756. The van der Waals surface area contributed by atoms with E-state index >= 15 is 0 Å². The number of para-hydroxylation sites is 3. The summed E-state index contributed by atoms with van der Waals surface area (Å²) < 4.78 is 19.4. The van der Waals surface area contributed by atoms with E-state index in [-0.39, 0.29) is 0 Å². The summed E-state index contributed by atoms with van der Waals surface area (Å²) in [5.74, 6) is 2.04. The molecule has 0 fully saturated rings. The van der Waals surface area contributed by atoms with Crippen molar-refractivity contribution in [1.29, 1.82) is 0 Å². The molecule has 0 bridgehead atoms. The van der Waals surface area contributed by atoms with Gasteiger partial charge in [0.05, 0.1) is 5.19 Å². The normalized spacial score (nSPS) is 10.9. The fraction of sp³-hybridized carbons (Fsp3) is 0. The van der Waals surface area contributed by atoms with E-state index in [1.54, 1.807) is 0 Å². The zero-order valence-corrected chi connectivity index (χ0v) is 16.2. The van der Waals surface area contributed by atoms with E-state index in [4.69, 9.17) is 13.3 Å². The Hall–Kier alpha value is -3.50. The molecule has 4 rings (SSSR count). The Balaban J connectivity index is 1.82. The molecule has 3 nitrogen and oxygen atoms in total. The minimum absolute atomic E-state index is 0.679. The Morgan fingerprint density at radius 3 is 1.21 bits per heavy atom. The lowest BCUT2D eigenvalue weighted by molar-refractivity contribution is 0.281. The highest BCUT2D eigenvalue weighted by Crippen LogP contribution is 2.24. The summed E-state index contributed by atoms with van der Waals surface area (Å²) in [6.45, 7) is 0. The van der Waals surface area contributed by atoms with Crippen LogP contribution in [0.5, 0.6) is 17.2 Å². The molecule has 4 aromatic carbocycles. The van der Waals surface area contributed by atoms with Crippen molar-refractivity contribution in [3.8, 4) is 17.2 Å². The van der Waals surface area contributed by atoms with Gasteiger partial charge in [-0.1, -0.05) is 78.9 Å². The first kappa shape index (κ1) is 17.9. The summed E-state index contributed by atoms with van der Waals surface area (Å²) >= 11 is 0. The predicted molar refractivity (Wildman–Crippen MR) is 112 cm³/mol. The number of benzene rings is 4. The molecule has 0 atom stereocenters. The molecule has 0 aliphatic rings. The van der Waals surface area contributed by atoms with Gasteiger partial charge in [0.25, 0.3) is 0 Å². The van der Waals surface area contributed by atoms with Gasteiger partial charge in [-0.25, -0.2) is 0 Å². The maximum absolute atomic E-state index is 6.46. The molecule has 0 amide bonds. The van der Waals surface area contributed by atoms with E-state index in [0.29, 0.717) is 17.2 Å². The first-order valence-corrected chi connectivity index (χ1v) is 10.8. The highest BCUT2D eigenvalue weighted by molar-refractivity contribution is 6.77. The van der Waals surface area contributed by atoms with Crippen LogP contribution in [-0.2, 0) is 0 Å². The molecule has 0 saturated carbocycles. The van der Waals surface area contributed by atoms with Crippen LogP contribution in [0.1, 0.15) is 0 Å². The Morgan fingerprint density at radius 2 is 0.857 bits per heavy atom. The minimum Gasteiger partial charge on any atom is -0.480 e. The monoisotopic (exact) mass is 383 g/mol. The van der Waals surface area contributed by atoms with Crippen molar-refractivity contribution >= 4 is 14.0 Å². The standard InChI is InChI=1S/C24H19O3Si/c1-5-13-21(14-6-1)25-28(24-19-11-4-12-20-24,26-22-15-7-2-8-16-22)27-23-17-9-3-10-18-23/h1-19H. The summed E-state index contributed by atoms with van der Waals surface area (Å²) in [6.07, 6.45) is 0. The number of rotatable bonds is 7. The molecule has 4 heteroatoms. The van der Waals surface area contributed by atoms with Crippen LogP contribution in [0.4, 0.5) is 0 Å². The van der Waals surface area contributed by atoms with Gasteiger partial charge in [-0.05, 0) is 42.5 Å². The molecule has 28 heavy (non-hydrogen) atoms. The second-order valence-electron chi connectivity index (χ2n) is 6.08. The highest BCUT2D eigenvalue weighted by atomic mass is 28.4. The quantitative estimate of drug-likeness (QED) is 0.426. The van der Waals surface area contributed by atoms with Gasteiger partial charge in [-0.3, -0.25) is 0 Å². The fourth-order valence-electron chi connectivity index (χ4n) is 2.74. The predicted octanol–water partition coefficient (Wildman–Crippen LogP) is 4.87. The molecule has 0 heterocycles. The van der Waals surface area contributed by atoms with Gasteiger partial charge in [0.1, 0.15) is 17.2 Å². The topological polar surface area (TPSA) is 27.7 Å². The van der Waals surface area contributed by atoms with Crippen molar-refractivity contribution in [1.82, 2.24) is 0 Å². The van der Waals surface area contributed by atoms with Crippen LogP contribution < -0.4 is 18.5 Å². The third kappa shape index (κ3) is 4.24. The van der Waals surface area contributed by atoms with Crippen LogP contribution in [0.2, 0.25) is 0 Å². The Bertz CT molecular complexity index is 876. The van der Waals surface area contributed by atoms with Crippen LogP contribution in [0, 0.1) is 6.07 Å². The van der Waals surface area contributed by atoms with Gasteiger partial charge in [-0.15, -0.1) is 0 Å². The molecule has 4 aromatic rings. The number of hydrogen-bond acceptors (Lipinski definition) is 3. The van der Waals surface area contributed by atoms with E-state index in [1.165, 1.54) is 0 Å². The third-order valence-corrected chi connectivity index (χ3v) is 6.51. The Kier molecular flexibility index (Phi) is 5.40. The van der Waals surface area contributed by atoms with Crippen LogP contribution in [0.3, 0.4) is 0 Å². The SMILES string of the molecule is [c]1ccccc1[Si](Oc1ccccc1)(Oc1ccccc1)Oc1ccccc1. The van der Waals surface area contributed by atoms with Crippen molar-refractivity contribution in [3.05, 3.63) is 121 Å². The zero-order valence-electron chi connectivity index (χ0n) is 15.2. The zero-order chi connectivity index (χ0) is 19.1. The van der Waals surface area contributed by atoms with Crippen molar-refractivity contribution in [3.63, 3.8) is 0 Å². The summed E-state index contributed by atoms with van der Waals surface area (Å²) in [4.78, 5) is 0. The average molecular weight is 383 g/mol. The smallest absolute Gasteiger partial charge is 0.480 e. The first-order valence-electron chi connectivity index (χ1n) is 9.03. The molecule has 0 spiro atoms. The average Bonchev–Trinajstić information content (AvgIpc) is 2.76. The lowest BCUT2D eigenvalue weighted by Crippen LogP contribution is -2.64. The third-order valence-electron chi connectivity index (χ3n) is 4.03. The molecule has 1 radical (unpaired) electrons. The number of hydrogen-bond donors (Lipinski definition) is 0. The van der Waals surface area contributed by atoms with Crippen molar-refractivity contribution in [2.24, 2.45) is 0 Å². The molecular weight excluding hydrogens is 364 g/mol. The molecule has 0 aliphatic carbocycles. The van der Waals surface area contributed by atoms with Crippen molar-refractivity contribution in [2.45, 2.75) is 0 Å². The van der Waals surface area contributed by atoms with E-state index in [1.807, 2.05) is 115 Å². The Labute approximate surface area is 166 Å². The van der Waals surface area contributed by atoms with Crippen LogP contribution in [0.15, 0.2) is 115 Å². The molecule has 0 unspecified atom stereocenters.